The van der Waals surface area contributed by atoms with Gasteiger partial charge >= 0.3 is 6.09 Å². The molecular weight excluding hydrogens is 170 g/mol. The van der Waals surface area contributed by atoms with E-state index in [1.807, 2.05) is 0 Å². The summed E-state index contributed by atoms with van der Waals surface area (Å²) in [6.45, 7) is 0. The third kappa shape index (κ3) is 1.77. The first-order valence-corrected chi connectivity index (χ1v) is 4.72. The van der Waals surface area contributed by atoms with Gasteiger partial charge in [-0.2, -0.15) is 0 Å². The third-order valence-corrected chi connectivity index (χ3v) is 2.58. The lowest BCUT2D eigenvalue weighted by molar-refractivity contribution is 0.0530. The molecule has 2 rings (SSSR count). The number of epoxide rings is 1. The monoisotopic (exact) mass is 185 g/mol. The molecule has 1 saturated heterocycles. The topological polar surface area (TPSA) is 42.1 Å². The first-order valence-electron chi connectivity index (χ1n) is 4.72. The van der Waals surface area contributed by atoms with Crippen molar-refractivity contribution >= 4 is 6.09 Å². The zero-order valence-electron chi connectivity index (χ0n) is 8.03. The van der Waals surface area contributed by atoms with Gasteiger partial charge in [0.1, 0.15) is 12.2 Å². The van der Waals surface area contributed by atoms with Gasteiger partial charge in [0.15, 0.2) is 0 Å². The second kappa shape index (κ2) is 3.18. The van der Waals surface area contributed by atoms with E-state index in [0.717, 1.165) is 19.3 Å². The van der Waals surface area contributed by atoms with Crippen molar-refractivity contribution in [2.24, 2.45) is 0 Å². The molecule has 0 aromatic heterocycles. The molecule has 4 heteroatoms. The normalized spacial score (nSPS) is 36.3. The smallest absolute Gasteiger partial charge is 0.409 e. The van der Waals surface area contributed by atoms with E-state index in [9.17, 15) is 4.79 Å². The van der Waals surface area contributed by atoms with Crippen LogP contribution in [0.25, 0.3) is 0 Å². The highest BCUT2D eigenvalue weighted by molar-refractivity contribution is 5.67. The summed E-state index contributed by atoms with van der Waals surface area (Å²) in [6.07, 6.45) is 3.47. The zero-order chi connectivity index (χ0) is 9.42. The van der Waals surface area contributed by atoms with Gasteiger partial charge in [-0.25, -0.2) is 4.79 Å². The van der Waals surface area contributed by atoms with Gasteiger partial charge in [-0.15, -0.1) is 0 Å². The largest absolute Gasteiger partial charge is 0.443 e. The Morgan fingerprint density at radius 1 is 1.46 bits per heavy atom. The van der Waals surface area contributed by atoms with E-state index in [-0.39, 0.29) is 18.3 Å². The SMILES string of the molecule is CN(C)C(=O)O[C@@H]1CCC[C@H]2O[C@@H]12. The van der Waals surface area contributed by atoms with E-state index >= 15 is 0 Å². The summed E-state index contributed by atoms with van der Waals surface area (Å²) in [5, 5.41) is 0. The minimum absolute atomic E-state index is 0.00588. The Morgan fingerprint density at radius 2 is 2.23 bits per heavy atom. The second-order valence-electron chi connectivity index (χ2n) is 3.89. The maximum Gasteiger partial charge on any atom is 0.409 e. The summed E-state index contributed by atoms with van der Waals surface area (Å²) in [4.78, 5) is 12.7. The fourth-order valence-electron chi connectivity index (χ4n) is 1.76. The fraction of sp³-hybridized carbons (Fsp3) is 0.889. The summed E-state index contributed by atoms with van der Waals surface area (Å²) in [5.74, 6) is 0. The van der Waals surface area contributed by atoms with Gasteiger partial charge in [0.25, 0.3) is 0 Å². The lowest BCUT2D eigenvalue weighted by Crippen LogP contribution is -2.33. The standard InChI is InChI=1S/C9H15NO3/c1-10(2)9(11)13-7-5-3-4-6-8(7)12-6/h6-8H,3-5H2,1-2H3/t6-,7-,8-/m1/s1. The summed E-state index contributed by atoms with van der Waals surface area (Å²) in [7, 11) is 3.38. The van der Waals surface area contributed by atoms with Crippen LogP contribution in [0.15, 0.2) is 0 Å². The van der Waals surface area contributed by atoms with Crippen molar-refractivity contribution in [3.8, 4) is 0 Å². The molecule has 0 unspecified atom stereocenters. The molecule has 0 N–H and O–H groups in total. The highest BCUT2D eigenvalue weighted by Gasteiger charge is 2.49. The molecule has 2 aliphatic rings. The molecule has 0 aromatic rings. The number of rotatable bonds is 1. The van der Waals surface area contributed by atoms with E-state index in [1.54, 1.807) is 14.1 Å². The Morgan fingerprint density at radius 3 is 2.92 bits per heavy atom. The average Bonchev–Trinajstić information content (AvgIpc) is 2.83. The Hall–Kier alpha value is -0.770. The van der Waals surface area contributed by atoms with Crippen LogP contribution in [-0.4, -0.2) is 43.4 Å². The zero-order valence-corrected chi connectivity index (χ0v) is 8.03. The number of ether oxygens (including phenoxy) is 2. The molecule has 1 aliphatic heterocycles. The molecule has 0 bridgehead atoms. The van der Waals surface area contributed by atoms with Crippen molar-refractivity contribution in [2.75, 3.05) is 14.1 Å². The first kappa shape index (κ1) is 8.81. The molecule has 3 atom stereocenters. The lowest BCUT2D eigenvalue weighted by Gasteiger charge is -2.20. The molecule has 13 heavy (non-hydrogen) atoms. The number of amides is 1. The second-order valence-corrected chi connectivity index (χ2v) is 3.89. The number of hydrogen-bond donors (Lipinski definition) is 0. The molecule has 74 valence electrons. The lowest BCUT2D eigenvalue weighted by atomic mass is 9.98. The predicted octanol–water partition coefficient (Wildman–Crippen LogP) is 1.00. The van der Waals surface area contributed by atoms with Crippen LogP contribution in [0.2, 0.25) is 0 Å². The number of fused-ring (bicyclic) bond motifs is 1. The minimum Gasteiger partial charge on any atom is -0.443 e. The van der Waals surface area contributed by atoms with Crippen LogP contribution in [0.1, 0.15) is 19.3 Å². The number of hydrogen-bond acceptors (Lipinski definition) is 3. The predicted molar refractivity (Wildman–Crippen MR) is 46.5 cm³/mol. The van der Waals surface area contributed by atoms with Crippen LogP contribution < -0.4 is 0 Å². The number of carbonyl (C=O) groups excluding carboxylic acids is 1. The molecule has 1 heterocycles. The Balaban J connectivity index is 1.84. The van der Waals surface area contributed by atoms with Crippen LogP contribution in [0.4, 0.5) is 4.79 Å². The van der Waals surface area contributed by atoms with Gasteiger partial charge in [-0.05, 0) is 19.3 Å². The molecule has 0 radical (unpaired) electrons. The average molecular weight is 185 g/mol. The molecule has 0 aromatic carbocycles. The molecule has 1 amide bonds. The van der Waals surface area contributed by atoms with E-state index in [2.05, 4.69) is 0 Å². The summed E-state index contributed by atoms with van der Waals surface area (Å²) >= 11 is 0. The van der Waals surface area contributed by atoms with Gasteiger partial charge in [0.2, 0.25) is 0 Å². The van der Waals surface area contributed by atoms with Crippen molar-refractivity contribution in [2.45, 2.75) is 37.6 Å². The highest BCUT2D eigenvalue weighted by atomic mass is 16.6. The maximum atomic E-state index is 11.2. The molecule has 2 fully saturated rings. The third-order valence-electron chi connectivity index (χ3n) is 2.58. The van der Waals surface area contributed by atoms with Crippen molar-refractivity contribution in [1.29, 1.82) is 0 Å². The van der Waals surface area contributed by atoms with Crippen LogP contribution in [0, 0.1) is 0 Å². The summed E-state index contributed by atoms with van der Waals surface area (Å²) in [6, 6.07) is 0. The minimum atomic E-state index is -0.263. The van der Waals surface area contributed by atoms with Crippen LogP contribution in [0.5, 0.6) is 0 Å². The fourth-order valence-corrected chi connectivity index (χ4v) is 1.76. The van der Waals surface area contributed by atoms with Crippen LogP contribution in [-0.2, 0) is 9.47 Å². The van der Waals surface area contributed by atoms with Crippen molar-refractivity contribution in [1.82, 2.24) is 4.90 Å². The first-order chi connectivity index (χ1) is 6.18. The van der Waals surface area contributed by atoms with E-state index < -0.39 is 0 Å². The van der Waals surface area contributed by atoms with E-state index in [1.165, 1.54) is 4.90 Å². The van der Waals surface area contributed by atoms with Crippen LogP contribution >= 0.6 is 0 Å². The van der Waals surface area contributed by atoms with E-state index in [0.29, 0.717) is 6.10 Å². The summed E-state index contributed by atoms with van der Waals surface area (Å²) in [5.41, 5.74) is 0. The van der Waals surface area contributed by atoms with Gasteiger partial charge < -0.3 is 14.4 Å². The Kier molecular flexibility index (Phi) is 2.15. The molecular formula is C9H15NO3. The van der Waals surface area contributed by atoms with Gasteiger partial charge in [0.05, 0.1) is 6.10 Å². The van der Waals surface area contributed by atoms with Crippen molar-refractivity contribution < 1.29 is 14.3 Å². The van der Waals surface area contributed by atoms with Crippen LogP contribution in [0.3, 0.4) is 0 Å². The summed E-state index contributed by atoms with van der Waals surface area (Å²) < 4.78 is 10.6. The number of nitrogens with zero attached hydrogens (tertiary/aromatic N) is 1. The Labute approximate surface area is 77.8 Å². The highest BCUT2D eigenvalue weighted by Crippen LogP contribution is 2.38. The molecule has 1 aliphatic carbocycles. The Bertz CT molecular complexity index is 217. The van der Waals surface area contributed by atoms with Crippen molar-refractivity contribution in [3.05, 3.63) is 0 Å². The van der Waals surface area contributed by atoms with Gasteiger partial charge in [-0.1, -0.05) is 0 Å². The molecule has 1 saturated carbocycles. The molecule has 0 spiro atoms. The quantitative estimate of drug-likeness (QED) is 0.572. The van der Waals surface area contributed by atoms with E-state index in [4.69, 9.17) is 9.47 Å². The van der Waals surface area contributed by atoms with Gasteiger partial charge in [0, 0.05) is 14.1 Å². The maximum absolute atomic E-state index is 11.2. The van der Waals surface area contributed by atoms with Crippen molar-refractivity contribution in [3.63, 3.8) is 0 Å². The number of carbonyl (C=O) groups is 1. The van der Waals surface area contributed by atoms with Gasteiger partial charge in [-0.3, -0.25) is 0 Å². The molecule has 4 nitrogen and oxygen atoms in total.